The molecule has 1 amide bonds. The first-order chi connectivity index (χ1) is 9.04. The molecule has 1 rings (SSSR count). The van der Waals surface area contributed by atoms with Gasteiger partial charge < -0.3 is 15.8 Å². The van der Waals surface area contributed by atoms with Crippen LogP contribution in [0.15, 0.2) is 18.2 Å². The van der Waals surface area contributed by atoms with Gasteiger partial charge in [0.2, 0.25) is 0 Å². The zero-order valence-corrected chi connectivity index (χ0v) is 11.4. The molecule has 0 aliphatic heterocycles. The summed E-state index contributed by atoms with van der Waals surface area (Å²) in [5.41, 5.74) is 5.76. The van der Waals surface area contributed by atoms with Gasteiger partial charge in [-0.25, -0.2) is 4.39 Å². The molecule has 0 saturated carbocycles. The number of unbranched alkanes of at least 4 members (excludes halogenated alkanes) is 2. The monoisotopic (exact) mass is 268 g/mol. The predicted octanol–water partition coefficient (Wildman–Crippen LogP) is 2.48. The van der Waals surface area contributed by atoms with E-state index in [0.717, 1.165) is 19.3 Å². The molecule has 0 fully saturated rings. The number of amides is 1. The van der Waals surface area contributed by atoms with Gasteiger partial charge >= 0.3 is 0 Å². The van der Waals surface area contributed by atoms with Gasteiger partial charge in [0.05, 0.1) is 0 Å². The number of carbonyl (C=O) groups excluding carboxylic acids is 1. The van der Waals surface area contributed by atoms with E-state index in [0.29, 0.717) is 12.2 Å². The van der Waals surface area contributed by atoms with Crippen LogP contribution in [-0.4, -0.2) is 18.6 Å². The lowest BCUT2D eigenvalue weighted by atomic mass is 10.2. The third-order valence-corrected chi connectivity index (χ3v) is 2.71. The standard InChI is InChI=1S/C14H21FN2O2/c1-3-4-5-8-17-14(18)10(2)19-13-7-6-11(16)9-12(13)15/h6-7,9-10H,3-5,8,16H2,1-2H3,(H,17,18). The zero-order valence-electron chi connectivity index (χ0n) is 11.4. The third-order valence-electron chi connectivity index (χ3n) is 2.71. The lowest BCUT2D eigenvalue weighted by Gasteiger charge is -2.15. The number of nitrogens with two attached hydrogens (primary N) is 1. The Balaban J connectivity index is 2.45. The summed E-state index contributed by atoms with van der Waals surface area (Å²) in [6.07, 6.45) is 2.37. The van der Waals surface area contributed by atoms with Crippen molar-refractivity contribution < 1.29 is 13.9 Å². The van der Waals surface area contributed by atoms with Crippen molar-refractivity contribution in [3.63, 3.8) is 0 Å². The van der Waals surface area contributed by atoms with E-state index in [1.54, 1.807) is 6.92 Å². The molecule has 106 valence electrons. The van der Waals surface area contributed by atoms with Crippen LogP contribution in [0.25, 0.3) is 0 Å². The van der Waals surface area contributed by atoms with Gasteiger partial charge in [-0.3, -0.25) is 4.79 Å². The maximum Gasteiger partial charge on any atom is 0.260 e. The molecule has 5 heteroatoms. The number of ether oxygens (including phenoxy) is 1. The minimum atomic E-state index is -0.736. The minimum Gasteiger partial charge on any atom is -0.478 e. The normalized spacial score (nSPS) is 11.9. The molecule has 0 spiro atoms. The van der Waals surface area contributed by atoms with E-state index in [-0.39, 0.29) is 11.7 Å². The lowest BCUT2D eigenvalue weighted by molar-refractivity contribution is -0.127. The van der Waals surface area contributed by atoms with E-state index >= 15 is 0 Å². The van der Waals surface area contributed by atoms with E-state index in [1.165, 1.54) is 18.2 Å². The van der Waals surface area contributed by atoms with Crippen LogP contribution in [0.3, 0.4) is 0 Å². The molecule has 19 heavy (non-hydrogen) atoms. The number of hydrogen-bond acceptors (Lipinski definition) is 3. The highest BCUT2D eigenvalue weighted by Gasteiger charge is 2.16. The summed E-state index contributed by atoms with van der Waals surface area (Å²) in [6, 6.07) is 4.12. The van der Waals surface area contributed by atoms with E-state index in [4.69, 9.17) is 10.5 Å². The van der Waals surface area contributed by atoms with Crippen molar-refractivity contribution in [1.82, 2.24) is 5.32 Å². The number of anilines is 1. The second-order valence-electron chi connectivity index (χ2n) is 4.45. The quantitative estimate of drug-likeness (QED) is 0.590. The highest BCUT2D eigenvalue weighted by atomic mass is 19.1. The number of benzene rings is 1. The second kappa shape index (κ2) is 7.61. The molecular formula is C14H21FN2O2. The summed E-state index contributed by atoms with van der Waals surface area (Å²) < 4.78 is 18.8. The molecule has 0 bridgehead atoms. The second-order valence-corrected chi connectivity index (χ2v) is 4.45. The first kappa shape index (κ1) is 15.3. The molecule has 4 nitrogen and oxygen atoms in total. The number of carbonyl (C=O) groups is 1. The Hall–Kier alpha value is -1.78. The van der Waals surface area contributed by atoms with Crippen molar-refractivity contribution in [3.05, 3.63) is 24.0 Å². The lowest BCUT2D eigenvalue weighted by Crippen LogP contribution is -2.36. The Morgan fingerprint density at radius 1 is 1.47 bits per heavy atom. The Morgan fingerprint density at radius 3 is 2.84 bits per heavy atom. The summed E-state index contributed by atoms with van der Waals surface area (Å²) in [6.45, 7) is 4.30. The van der Waals surface area contributed by atoms with Crippen molar-refractivity contribution in [2.24, 2.45) is 0 Å². The summed E-state index contributed by atoms with van der Waals surface area (Å²) in [7, 11) is 0. The number of nitrogen functional groups attached to an aromatic ring is 1. The van der Waals surface area contributed by atoms with E-state index < -0.39 is 11.9 Å². The number of nitrogens with one attached hydrogen (secondary N) is 1. The number of hydrogen-bond donors (Lipinski definition) is 2. The Kier molecular flexibility index (Phi) is 6.12. The SMILES string of the molecule is CCCCCNC(=O)C(C)Oc1ccc(N)cc1F. The molecule has 0 radical (unpaired) electrons. The molecule has 1 atom stereocenters. The fraction of sp³-hybridized carbons (Fsp3) is 0.500. The smallest absolute Gasteiger partial charge is 0.260 e. The van der Waals surface area contributed by atoms with Crippen molar-refractivity contribution in [3.8, 4) is 5.75 Å². The molecule has 1 unspecified atom stereocenters. The van der Waals surface area contributed by atoms with Gasteiger partial charge in [-0.1, -0.05) is 19.8 Å². The fourth-order valence-corrected chi connectivity index (χ4v) is 1.59. The molecule has 0 aliphatic carbocycles. The van der Waals surface area contributed by atoms with Crippen LogP contribution >= 0.6 is 0 Å². The van der Waals surface area contributed by atoms with E-state index in [2.05, 4.69) is 12.2 Å². The Labute approximate surface area is 113 Å². The fourth-order valence-electron chi connectivity index (χ4n) is 1.59. The molecule has 1 aromatic carbocycles. The van der Waals surface area contributed by atoms with Gasteiger partial charge in [0.1, 0.15) is 0 Å². The van der Waals surface area contributed by atoms with Crippen LogP contribution < -0.4 is 15.8 Å². The summed E-state index contributed by atoms with van der Waals surface area (Å²) in [5, 5.41) is 2.76. The van der Waals surface area contributed by atoms with E-state index in [1.807, 2.05) is 0 Å². The van der Waals surface area contributed by atoms with Gasteiger partial charge in [-0.15, -0.1) is 0 Å². The van der Waals surface area contributed by atoms with Crippen LogP contribution in [0.1, 0.15) is 33.1 Å². The van der Waals surface area contributed by atoms with Crippen LogP contribution in [0, 0.1) is 5.82 Å². The molecule has 1 aromatic rings. The van der Waals surface area contributed by atoms with Crippen molar-refractivity contribution in [2.45, 2.75) is 39.2 Å². The predicted molar refractivity (Wildman–Crippen MR) is 73.4 cm³/mol. The summed E-state index contributed by atoms with van der Waals surface area (Å²) in [4.78, 5) is 11.7. The highest BCUT2D eigenvalue weighted by molar-refractivity contribution is 5.80. The molecular weight excluding hydrogens is 247 g/mol. The summed E-state index contributed by atoms with van der Waals surface area (Å²) >= 11 is 0. The van der Waals surface area contributed by atoms with Gasteiger partial charge in [0.25, 0.3) is 5.91 Å². The molecule has 0 aromatic heterocycles. The van der Waals surface area contributed by atoms with Crippen molar-refractivity contribution >= 4 is 11.6 Å². The van der Waals surface area contributed by atoms with Crippen LogP contribution in [0.4, 0.5) is 10.1 Å². The molecule has 3 N–H and O–H groups in total. The van der Waals surface area contributed by atoms with Gasteiger partial charge in [0.15, 0.2) is 17.7 Å². The third kappa shape index (κ3) is 5.16. The number of halogens is 1. The highest BCUT2D eigenvalue weighted by Crippen LogP contribution is 2.20. The topological polar surface area (TPSA) is 64.3 Å². The first-order valence-electron chi connectivity index (χ1n) is 6.54. The average molecular weight is 268 g/mol. The van der Waals surface area contributed by atoms with Crippen LogP contribution in [0.5, 0.6) is 5.75 Å². The molecule has 0 saturated heterocycles. The first-order valence-corrected chi connectivity index (χ1v) is 6.54. The Bertz CT molecular complexity index is 424. The largest absolute Gasteiger partial charge is 0.478 e. The average Bonchev–Trinajstić information content (AvgIpc) is 2.37. The van der Waals surface area contributed by atoms with Crippen molar-refractivity contribution in [1.29, 1.82) is 0 Å². The van der Waals surface area contributed by atoms with Crippen molar-refractivity contribution in [2.75, 3.05) is 12.3 Å². The summed E-state index contributed by atoms with van der Waals surface area (Å²) in [5.74, 6) is -0.775. The molecule has 0 heterocycles. The maximum absolute atomic E-state index is 13.5. The van der Waals surface area contributed by atoms with Gasteiger partial charge in [-0.05, 0) is 25.5 Å². The van der Waals surface area contributed by atoms with Crippen LogP contribution in [-0.2, 0) is 4.79 Å². The number of rotatable bonds is 7. The maximum atomic E-state index is 13.5. The van der Waals surface area contributed by atoms with E-state index in [9.17, 15) is 9.18 Å². The minimum absolute atomic E-state index is 0.0328. The Morgan fingerprint density at radius 2 is 2.21 bits per heavy atom. The van der Waals surface area contributed by atoms with Crippen LogP contribution in [0.2, 0.25) is 0 Å². The van der Waals surface area contributed by atoms with Gasteiger partial charge in [-0.2, -0.15) is 0 Å². The zero-order chi connectivity index (χ0) is 14.3. The molecule has 0 aliphatic rings. The van der Waals surface area contributed by atoms with Gasteiger partial charge in [0, 0.05) is 18.3 Å².